The maximum atomic E-state index is 11.5. The van der Waals surface area contributed by atoms with Crippen molar-refractivity contribution in [2.75, 3.05) is 25.1 Å². The molecule has 0 radical (unpaired) electrons. The lowest BCUT2D eigenvalue weighted by molar-refractivity contribution is -0.134. The number of aliphatic hydroxyl groups excluding tert-OH is 1. The first-order valence-corrected chi connectivity index (χ1v) is 11.5. The molecule has 1 amide bonds. The van der Waals surface area contributed by atoms with Gasteiger partial charge in [-0.25, -0.2) is 9.59 Å². The van der Waals surface area contributed by atoms with Crippen molar-refractivity contribution < 1.29 is 44.3 Å². The summed E-state index contributed by atoms with van der Waals surface area (Å²) < 4.78 is 11.0. The van der Waals surface area contributed by atoms with Crippen molar-refractivity contribution in [3.05, 3.63) is 59.7 Å². The van der Waals surface area contributed by atoms with E-state index in [0.717, 1.165) is 17.7 Å². The second kappa shape index (κ2) is 13.3. The molecule has 0 unspecified atom stereocenters. The molecule has 1 atom stereocenters. The van der Waals surface area contributed by atoms with Crippen LogP contribution >= 0.6 is 0 Å². The maximum absolute atomic E-state index is 11.5. The number of carbonyl (C=O) groups is 3. The number of carbonyl (C=O) groups excluding carboxylic acids is 1. The number of aliphatic hydroxyl groups is 1. The lowest BCUT2D eigenvalue weighted by Crippen LogP contribution is -2.43. The predicted molar refractivity (Wildman–Crippen MR) is 135 cm³/mol. The number of hydrogen-bond acceptors (Lipinski definition) is 8. The van der Waals surface area contributed by atoms with Gasteiger partial charge in [-0.1, -0.05) is 12.1 Å². The van der Waals surface area contributed by atoms with Gasteiger partial charge in [0.2, 0.25) is 0 Å². The first-order valence-electron chi connectivity index (χ1n) is 11.5. The zero-order valence-corrected chi connectivity index (χ0v) is 20.9. The second-order valence-electron chi connectivity index (χ2n) is 8.79. The van der Waals surface area contributed by atoms with Crippen LogP contribution in [0.5, 0.6) is 17.2 Å². The number of ether oxygens (including phenoxy) is 2. The van der Waals surface area contributed by atoms with Gasteiger partial charge < -0.3 is 40.5 Å². The highest BCUT2D eigenvalue weighted by Gasteiger charge is 2.26. The molecule has 0 fully saturated rings. The third-order valence-corrected chi connectivity index (χ3v) is 5.11. The van der Waals surface area contributed by atoms with Crippen molar-refractivity contribution in [2.45, 2.75) is 38.8 Å². The van der Waals surface area contributed by atoms with Gasteiger partial charge in [0, 0.05) is 35.9 Å². The molecular weight excluding hydrogens is 484 g/mol. The van der Waals surface area contributed by atoms with Gasteiger partial charge in [-0.2, -0.15) is 0 Å². The molecule has 1 heterocycles. The van der Waals surface area contributed by atoms with E-state index in [-0.39, 0.29) is 30.3 Å². The Bertz CT molecular complexity index is 1110. The van der Waals surface area contributed by atoms with Crippen molar-refractivity contribution in [2.24, 2.45) is 0 Å². The van der Waals surface area contributed by atoms with Gasteiger partial charge in [-0.15, -0.1) is 0 Å². The molecule has 0 saturated heterocycles. The Morgan fingerprint density at radius 3 is 2.35 bits per heavy atom. The van der Waals surface area contributed by atoms with E-state index in [2.05, 4.69) is 24.5 Å². The van der Waals surface area contributed by atoms with Crippen LogP contribution in [0, 0.1) is 0 Å². The van der Waals surface area contributed by atoms with Crippen LogP contribution in [0.15, 0.2) is 48.6 Å². The van der Waals surface area contributed by atoms with Gasteiger partial charge in [-0.3, -0.25) is 4.79 Å². The number of fused-ring (bicyclic) bond motifs is 1. The van der Waals surface area contributed by atoms with Gasteiger partial charge in [0.05, 0.1) is 18.4 Å². The smallest absolute Gasteiger partial charge is 0.328 e. The monoisotopic (exact) mass is 516 g/mol. The molecule has 37 heavy (non-hydrogen) atoms. The highest BCUT2D eigenvalue weighted by atomic mass is 16.5. The van der Waals surface area contributed by atoms with Gasteiger partial charge >= 0.3 is 11.9 Å². The number of nitrogens with one attached hydrogen (secondary N) is 2. The summed E-state index contributed by atoms with van der Waals surface area (Å²) in [5.41, 5.74) is 1.68. The first-order chi connectivity index (χ1) is 17.4. The Kier molecular flexibility index (Phi) is 10.5. The van der Waals surface area contributed by atoms with Crippen molar-refractivity contribution in [1.82, 2.24) is 5.32 Å². The molecule has 200 valence electrons. The fraction of sp³-hybridized carbons (Fsp3) is 0.346. The van der Waals surface area contributed by atoms with E-state index in [1.165, 1.54) is 12.1 Å². The number of rotatable bonds is 10. The quantitative estimate of drug-likeness (QED) is 0.257. The number of amides is 1. The van der Waals surface area contributed by atoms with Gasteiger partial charge in [-0.05, 0) is 51.0 Å². The van der Waals surface area contributed by atoms with E-state index in [1.807, 2.05) is 31.2 Å². The van der Waals surface area contributed by atoms with E-state index in [0.29, 0.717) is 35.8 Å². The van der Waals surface area contributed by atoms with Crippen LogP contribution in [0.1, 0.15) is 38.0 Å². The lowest BCUT2D eigenvalue weighted by Gasteiger charge is -2.29. The molecule has 0 saturated carbocycles. The fourth-order valence-electron chi connectivity index (χ4n) is 3.53. The number of carboxylic acids is 2. The van der Waals surface area contributed by atoms with Gasteiger partial charge in [0.25, 0.3) is 5.91 Å². The molecule has 2 aromatic carbocycles. The Balaban J connectivity index is 0.000000521. The predicted octanol–water partition coefficient (Wildman–Crippen LogP) is 2.48. The number of phenols is 1. The Hall–Kier alpha value is -4.09. The zero-order valence-electron chi connectivity index (χ0n) is 20.9. The van der Waals surface area contributed by atoms with Crippen LogP contribution < -0.4 is 20.1 Å². The van der Waals surface area contributed by atoms with Crippen LogP contribution in [0.3, 0.4) is 0 Å². The lowest BCUT2D eigenvalue weighted by atomic mass is 9.94. The topological polar surface area (TPSA) is 175 Å². The molecule has 11 heteroatoms. The minimum absolute atomic E-state index is 0.0442. The minimum atomic E-state index is -1.26. The van der Waals surface area contributed by atoms with Crippen LogP contribution in [0.2, 0.25) is 0 Å². The number of carboxylic acid groups (broad SMARTS) is 2. The molecule has 0 aliphatic carbocycles. The normalized spacial score (nSPS) is 13.5. The van der Waals surface area contributed by atoms with Crippen molar-refractivity contribution in [3.8, 4) is 17.2 Å². The summed E-state index contributed by atoms with van der Waals surface area (Å²) in [7, 11) is 0. The van der Waals surface area contributed by atoms with Crippen molar-refractivity contribution >= 4 is 23.5 Å². The number of β-amino-alcohol motifs (C(OH)–C–C–N with tert-alkyl or cyclic N) is 1. The van der Waals surface area contributed by atoms with E-state index in [1.54, 1.807) is 0 Å². The van der Waals surface area contributed by atoms with E-state index >= 15 is 0 Å². The summed E-state index contributed by atoms with van der Waals surface area (Å²) >= 11 is 0. The second-order valence-corrected chi connectivity index (χ2v) is 8.79. The zero-order chi connectivity index (χ0) is 27.6. The molecule has 2 aromatic rings. The molecule has 1 aliphatic rings. The number of hydrogen-bond donors (Lipinski definition) is 6. The third kappa shape index (κ3) is 9.82. The SMILES string of the molecule is CCOc1ccc(CC(C)(C)NC[C@H](O)c2cc(O)cc3c2OCC(=O)N3)cc1.O=C(O)/C=C\C(=O)O. The Morgan fingerprint density at radius 1 is 1.16 bits per heavy atom. The van der Waals surface area contributed by atoms with Crippen LogP contribution in [0.4, 0.5) is 5.69 Å². The molecule has 3 rings (SSSR count). The summed E-state index contributed by atoms with van der Waals surface area (Å²) in [6.07, 6.45) is 0.965. The number of aliphatic carboxylic acids is 2. The average Bonchev–Trinajstić information content (AvgIpc) is 2.82. The van der Waals surface area contributed by atoms with Crippen LogP contribution in [0.25, 0.3) is 0 Å². The maximum Gasteiger partial charge on any atom is 0.328 e. The summed E-state index contributed by atoms with van der Waals surface area (Å²) in [6.45, 7) is 6.85. The largest absolute Gasteiger partial charge is 0.508 e. The minimum Gasteiger partial charge on any atom is -0.508 e. The number of anilines is 1. The average molecular weight is 517 g/mol. The first kappa shape index (κ1) is 29.1. The number of phenolic OH excluding ortho intramolecular Hbond substituents is 1. The molecule has 0 bridgehead atoms. The van der Waals surface area contributed by atoms with E-state index < -0.39 is 18.0 Å². The highest BCUT2D eigenvalue weighted by Crippen LogP contribution is 2.38. The summed E-state index contributed by atoms with van der Waals surface area (Å²) in [4.78, 5) is 30.6. The highest BCUT2D eigenvalue weighted by molar-refractivity contribution is 5.96. The Labute approximate surface area is 214 Å². The van der Waals surface area contributed by atoms with Crippen molar-refractivity contribution in [3.63, 3.8) is 0 Å². The third-order valence-electron chi connectivity index (χ3n) is 5.11. The van der Waals surface area contributed by atoms with E-state index in [4.69, 9.17) is 19.7 Å². The van der Waals surface area contributed by atoms with Crippen LogP contribution in [-0.4, -0.2) is 63.6 Å². The van der Waals surface area contributed by atoms with E-state index in [9.17, 15) is 24.6 Å². The summed E-state index contributed by atoms with van der Waals surface area (Å²) in [5, 5.41) is 42.3. The van der Waals surface area contributed by atoms with Gasteiger partial charge in [0.1, 0.15) is 17.2 Å². The molecule has 6 N–H and O–H groups in total. The molecule has 0 spiro atoms. The van der Waals surface area contributed by atoms with Gasteiger partial charge in [0.15, 0.2) is 6.61 Å². The molecular formula is C26H32N2O9. The summed E-state index contributed by atoms with van der Waals surface area (Å²) in [6, 6.07) is 10.8. The van der Waals surface area contributed by atoms with Crippen molar-refractivity contribution in [1.29, 1.82) is 0 Å². The Morgan fingerprint density at radius 2 is 1.78 bits per heavy atom. The fourth-order valence-corrected chi connectivity index (χ4v) is 3.53. The molecule has 0 aromatic heterocycles. The standard InChI is InChI=1S/C22H28N2O5.C4H4O4/c1-4-28-16-7-5-14(6-8-16)11-22(2,3)23-12-19(26)17-9-15(25)10-18-21(17)29-13-20(27)24-18;5-3(6)1-2-4(7)8/h5-10,19,23,25-26H,4,11-13H2,1-3H3,(H,24,27);1-2H,(H,5,6)(H,7,8)/b;2-1-/t19-;/m0./s1. The molecule has 1 aliphatic heterocycles. The number of benzene rings is 2. The summed E-state index contributed by atoms with van der Waals surface area (Å²) in [5.74, 6) is -1.62. The number of aromatic hydroxyl groups is 1. The van der Waals surface area contributed by atoms with Crippen LogP contribution in [-0.2, 0) is 20.8 Å². The molecule has 11 nitrogen and oxygen atoms in total.